The van der Waals surface area contributed by atoms with Crippen LogP contribution in [0.3, 0.4) is 0 Å². The van der Waals surface area contributed by atoms with Crippen LogP contribution >= 0.6 is 0 Å². The first-order chi connectivity index (χ1) is 12.4. The van der Waals surface area contributed by atoms with Gasteiger partial charge < -0.3 is 0 Å². The maximum atomic E-state index is 2.24. The highest BCUT2D eigenvalue weighted by molar-refractivity contribution is 6.70. The molecule has 0 aromatic heterocycles. The van der Waals surface area contributed by atoms with Gasteiger partial charge in [-0.25, -0.2) is 0 Å². The van der Waals surface area contributed by atoms with Gasteiger partial charge in [0.25, 0.3) is 0 Å². The first-order valence-corrected chi connectivity index (χ1v) is 8.68. The normalized spacial score (nSPS) is 10.4. The molecule has 0 aliphatic heterocycles. The summed E-state index contributed by atoms with van der Waals surface area (Å²) >= 11 is 0. The lowest BCUT2D eigenvalue weighted by Crippen LogP contribution is -2.30. The summed E-state index contributed by atoms with van der Waals surface area (Å²) in [5.74, 6) is 0. The lowest BCUT2D eigenvalue weighted by Gasteiger charge is -2.12. The summed E-state index contributed by atoms with van der Waals surface area (Å²) in [6, 6.07) is 38.7. The van der Waals surface area contributed by atoms with Crippen molar-refractivity contribution in [3.63, 3.8) is 0 Å². The fraction of sp³-hybridized carbons (Fsp3) is 0. The van der Waals surface area contributed by atoms with Crippen molar-refractivity contribution in [2.24, 2.45) is 0 Å². The predicted octanol–water partition coefficient (Wildman–Crippen LogP) is 4.41. The minimum absolute atomic E-state index is 0.927. The summed E-state index contributed by atoms with van der Waals surface area (Å²) in [4.78, 5) is 0. The lowest BCUT2D eigenvalue weighted by molar-refractivity contribution is 1.64. The molecule has 0 atom stereocenters. The summed E-state index contributed by atoms with van der Waals surface area (Å²) in [6.45, 7) is 0. The fourth-order valence-electron chi connectivity index (χ4n) is 3.35. The van der Waals surface area contributed by atoms with Gasteiger partial charge in [-0.3, -0.25) is 0 Å². The van der Waals surface area contributed by atoms with Crippen LogP contribution in [0.25, 0.3) is 22.3 Å². The van der Waals surface area contributed by atoms with E-state index in [1.54, 1.807) is 0 Å². The highest BCUT2D eigenvalue weighted by atomic mass is 14.1. The molecule has 0 N–H and O–H groups in total. The van der Waals surface area contributed by atoms with E-state index in [0.717, 1.165) is 7.28 Å². The quantitative estimate of drug-likeness (QED) is 0.489. The van der Waals surface area contributed by atoms with Crippen LogP contribution in [0, 0.1) is 0 Å². The molecule has 0 aliphatic carbocycles. The Hall–Kier alpha value is -3.06. The van der Waals surface area contributed by atoms with Crippen LogP contribution in [0.1, 0.15) is 0 Å². The van der Waals surface area contributed by atoms with Gasteiger partial charge in [0.05, 0.1) is 0 Å². The van der Waals surface area contributed by atoms with Gasteiger partial charge in [-0.2, -0.15) is 0 Å². The Morgan fingerprint density at radius 3 is 1.16 bits per heavy atom. The van der Waals surface area contributed by atoms with E-state index in [2.05, 4.69) is 109 Å². The minimum atomic E-state index is 0.927. The Balaban J connectivity index is 1.76. The Kier molecular flexibility index (Phi) is 4.47. The Morgan fingerprint density at radius 1 is 0.360 bits per heavy atom. The number of rotatable bonds is 4. The molecule has 4 aromatic rings. The van der Waals surface area contributed by atoms with E-state index in [9.17, 15) is 0 Å². The average molecular weight is 318 g/mol. The van der Waals surface area contributed by atoms with E-state index in [1.807, 2.05) is 0 Å². The van der Waals surface area contributed by atoms with Crippen molar-refractivity contribution in [1.82, 2.24) is 0 Å². The molecule has 0 heterocycles. The van der Waals surface area contributed by atoms with Gasteiger partial charge in [-0.05, 0) is 22.3 Å². The molecule has 1 heteroatoms. The smallest absolute Gasteiger partial charge is 0.0708 e. The summed E-state index contributed by atoms with van der Waals surface area (Å²) < 4.78 is 0. The van der Waals surface area contributed by atoms with Gasteiger partial charge in [0.1, 0.15) is 0 Å². The molecule has 0 amide bonds. The molecule has 4 aromatic carbocycles. The molecule has 0 saturated carbocycles. The minimum Gasteiger partial charge on any atom is -0.0708 e. The van der Waals surface area contributed by atoms with Gasteiger partial charge in [0.15, 0.2) is 7.28 Å². The van der Waals surface area contributed by atoms with Crippen LogP contribution in [-0.4, -0.2) is 7.28 Å². The van der Waals surface area contributed by atoms with Gasteiger partial charge in [-0.15, -0.1) is 0 Å². The number of hydrogen-bond acceptors (Lipinski definition) is 0. The third-order valence-electron chi connectivity index (χ3n) is 4.59. The van der Waals surface area contributed by atoms with Gasteiger partial charge in [0, 0.05) is 0 Å². The second kappa shape index (κ2) is 7.23. The summed E-state index contributed by atoms with van der Waals surface area (Å²) in [7, 11) is 0.927. The zero-order valence-electron chi connectivity index (χ0n) is 14.1. The summed E-state index contributed by atoms with van der Waals surface area (Å²) in [5, 5.41) is 0. The molecule has 4 rings (SSSR count). The molecule has 0 unspecified atom stereocenters. The van der Waals surface area contributed by atoms with Crippen LogP contribution in [0.5, 0.6) is 0 Å². The predicted molar refractivity (Wildman–Crippen MR) is 110 cm³/mol. The number of hydrogen-bond donors (Lipinski definition) is 0. The molecule has 0 radical (unpaired) electrons. The van der Waals surface area contributed by atoms with Crippen LogP contribution in [0.15, 0.2) is 109 Å². The Morgan fingerprint density at radius 2 is 0.720 bits per heavy atom. The van der Waals surface area contributed by atoms with E-state index >= 15 is 0 Å². The van der Waals surface area contributed by atoms with Crippen molar-refractivity contribution >= 4 is 18.2 Å². The van der Waals surface area contributed by atoms with Crippen molar-refractivity contribution in [1.29, 1.82) is 0 Å². The summed E-state index contributed by atoms with van der Waals surface area (Å²) in [5.41, 5.74) is 7.89. The zero-order valence-corrected chi connectivity index (χ0v) is 14.1. The van der Waals surface area contributed by atoms with Crippen molar-refractivity contribution < 1.29 is 0 Å². The zero-order chi connectivity index (χ0) is 16.9. The standard InChI is InChI=1S/C24H19B/c1-3-11-19(12-4-1)21-15-7-9-17-23(21)25-24-18-10-8-16-22(24)20-13-5-2-6-14-20/h1-18,25H. The largest absolute Gasteiger partial charge is 0.193 e. The maximum Gasteiger partial charge on any atom is 0.193 e. The summed E-state index contributed by atoms with van der Waals surface area (Å²) in [6.07, 6.45) is 0. The van der Waals surface area contributed by atoms with Crippen molar-refractivity contribution in [2.75, 3.05) is 0 Å². The first kappa shape index (κ1) is 15.5. The molecular weight excluding hydrogens is 299 g/mol. The molecule has 0 spiro atoms. The van der Waals surface area contributed by atoms with E-state index in [1.165, 1.54) is 33.2 Å². The van der Waals surface area contributed by atoms with Crippen LogP contribution < -0.4 is 10.9 Å². The first-order valence-electron chi connectivity index (χ1n) is 8.68. The highest BCUT2D eigenvalue weighted by Gasteiger charge is 2.10. The van der Waals surface area contributed by atoms with E-state index in [4.69, 9.17) is 0 Å². The van der Waals surface area contributed by atoms with Gasteiger partial charge in [0.2, 0.25) is 0 Å². The van der Waals surface area contributed by atoms with E-state index in [-0.39, 0.29) is 0 Å². The maximum absolute atomic E-state index is 2.24. The van der Waals surface area contributed by atoms with Gasteiger partial charge >= 0.3 is 0 Å². The van der Waals surface area contributed by atoms with E-state index in [0.29, 0.717) is 0 Å². The monoisotopic (exact) mass is 318 g/mol. The second-order valence-electron chi connectivity index (χ2n) is 6.22. The molecule has 0 saturated heterocycles. The Bertz CT molecular complexity index is 878. The van der Waals surface area contributed by atoms with Gasteiger partial charge in [-0.1, -0.05) is 120 Å². The van der Waals surface area contributed by atoms with Crippen LogP contribution in [0.2, 0.25) is 0 Å². The van der Waals surface area contributed by atoms with E-state index < -0.39 is 0 Å². The second-order valence-corrected chi connectivity index (χ2v) is 6.22. The molecule has 0 nitrogen and oxygen atoms in total. The number of benzene rings is 4. The highest BCUT2D eigenvalue weighted by Crippen LogP contribution is 2.18. The SMILES string of the molecule is B(c1ccccc1-c1ccccc1)c1ccccc1-c1ccccc1. The van der Waals surface area contributed by atoms with Crippen molar-refractivity contribution in [3.05, 3.63) is 109 Å². The van der Waals surface area contributed by atoms with Crippen molar-refractivity contribution in [2.45, 2.75) is 0 Å². The third kappa shape index (κ3) is 3.41. The Labute approximate surface area is 150 Å². The molecular formula is C24H19B. The van der Waals surface area contributed by atoms with Crippen molar-refractivity contribution in [3.8, 4) is 22.3 Å². The molecule has 0 bridgehead atoms. The fourth-order valence-corrected chi connectivity index (χ4v) is 3.35. The van der Waals surface area contributed by atoms with Crippen LogP contribution in [0.4, 0.5) is 0 Å². The van der Waals surface area contributed by atoms with Crippen LogP contribution in [-0.2, 0) is 0 Å². The molecule has 0 aliphatic rings. The molecule has 25 heavy (non-hydrogen) atoms. The average Bonchev–Trinajstić information content (AvgIpc) is 2.70. The third-order valence-corrected chi connectivity index (χ3v) is 4.59. The lowest BCUT2D eigenvalue weighted by atomic mass is 9.60. The molecule has 118 valence electrons. The molecule has 0 fully saturated rings. The topological polar surface area (TPSA) is 0 Å².